The molecule has 1 aromatic carbocycles. The fraction of sp³-hybridized carbons (Fsp3) is 0.333. The SMILES string of the molecule is C=C(C)C(=O)OCCOC1COC(c2ccccc2)=N1. The van der Waals surface area contributed by atoms with Crippen molar-refractivity contribution in [1.29, 1.82) is 0 Å². The lowest BCUT2D eigenvalue weighted by atomic mass is 10.2. The molecule has 0 bridgehead atoms. The van der Waals surface area contributed by atoms with Crippen molar-refractivity contribution in [2.45, 2.75) is 13.2 Å². The average molecular weight is 275 g/mol. The summed E-state index contributed by atoms with van der Waals surface area (Å²) >= 11 is 0. The minimum absolute atomic E-state index is 0.179. The molecule has 0 fully saturated rings. The van der Waals surface area contributed by atoms with E-state index < -0.39 is 5.97 Å². The van der Waals surface area contributed by atoms with Crippen molar-refractivity contribution in [3.8, 4) is 0 Å². The summed E-state index contributed by atoms with van der Waals surface area (Å²) < 4.78 is 15.9. The first kappa shape index (κ1) is 14.3. The Labute approximate surface area is 117 Å². The summed E-state index contributed by atoms with van der Waals surface area (Å²) in [7, 11) is 0. The van der Waals surface area contributed by atoms with E-state index in [0.717, 1.165) is 5.56 Å². The van der Waals surface area contributed by atoms with Crippen molar-refractivity contribution in [2.24, 2.45) is 4.99 Å². The number of nitrogens with zero attached hydrogens (tertiary/aromatic N) is 1. The van der Waals surface area contributed by atoms with Gasteiger partial charge in [-0.25, -0.2) is 9.79 Å². The summed E-state index contributed by atoms with van der Waals surface area (Å²) in [4.78, 5) is 15.5. The van der Waals surface area contributed by atoms with E-state index in [9.17, 15) is 4.79 Å². The first-order chi connectivity index (χ1) is 9.66. The molecular weight excluding hydrogens is 258 g/mol. The molecule has 0 aromatic heterocycles. The van der Waals surface area contributed by atoms with E-state index in [0.29, 0.717) is 18.1 Å². The molecular formula is C15H17NO4. The van der Waals surface area contributed by atoms with Crippen molar-refractivity contribution >= 4 is 11.9 Å². The van der Waals surface area contributed by atoms with Crippen LogP contribution < -0.4 is 0 Å². The van der Waals surface area contributed by atoms with E-state index in [2.05, 4.69) is 11.6 Å². The second-order valence-electron chi connectivity index (χ2n) is 4.35. The zero-order chi connectivity index (χ0) is 14.4. The number of benzene rings is 1. The lowest BCUT2D eigenvalue weighted by molar-refractivity contribution is -0.141. The van der Waals surface area contributed by atoms with Crippen LogP contribution in [0.1, 0.15) is 12.5 Å². The van der Waals surface area contributed by atoms with Gasteiger partial charge in [0, 0.05) is 11.1 Å². The molecule has 0 spiro atoms. The van der Waals surface area contributed by atoms with Crippen molar-refractivity contribution in [1.82, 2.24) is 0 Å². The van der Waals surface area contributed by atoms with Gasteiger partial charge in [0.1, 0.15) is 13.2 Å². The van der Waals surface area contributed by atoms with E-state index in [1.54, 1.807) is 6.92 Å². The van der Waals surface area contributed by atoms with Crippen LogP contribution in [-0.4, -0.2) is 37.9 Å². The molecule has 1 aliphatic heterocycles. The number of carbonyl (C=O) groups is 1. The zero-order valence-corrected chi connectivity index (χ0v) is 11.4. The van der Waals surface area contributed by atoms with Gasteiger partial charge in [0.25, 0.3) is 0 Å². The van der Waals surface area contributed by atoms with Crippen LogP contribution in [-0.2, 0) is 19.0 Å². The average Bonchev–Trinajstić information content (AvgIpc) is 2.93. The number of hydrogen-bond donors (Lipinski definition) is 0. The van der Waals surface area contributed by atoms with Crippen LogP contribution in [0.15, 0.2) is 47.5 Å². The van der Waals surface area contributed by atoms with Crippen LogP contribution >= 0.6 is 0 Å². The van der Waals surface area contributed by atoms with Gasteiger partial charge in [-0.2, -0.15) is 0 Å². The minimum Gasteiger partial charge on any atom is -0.473 e. The van der Waals surface area contributed by atoms with Gasteiger partial charge in [0.15, 0.2) is 6.23 Å². The van der Waals surface area contributed by atoms with Crippen LogP contribution in [0.3, 0.4) is 0 Å². The number of ether oxygens (including phenoxy) is 3. The van der Waals surface area contributed by atoms with Gasteiger partial charge in [0.05, 0.1) is 6.61 Å². The quantitative estimate of drug-likeness (QED) is 0.452. The Morgan fingerprint density at radius 1 is 1.40 bits per heavy atom. The zero-order valence-electron chi connectivity index (χ0n) is 11.4. The molecule has 0 amide bonds. The topological polar surface area (TPSA) is 57.1 Å². The second-order valence-corrected chi connectivity index (χ2v) is 4.35. The first-order valence-electron chi connectivity index (χ1n) is 6.37. The third kappa shape index (κ3) is 3.93. The highest BCUT2D eigenvalue weighted by Gasteiger charge is 2.20. The summed E-state index contributed by atoms with van der Waals surface area (Å²) in [5.41, 5.74) is 1.30. The normalized spacial score (nSPS) is 17.2. The highest BCUT2D eigenvalue weighted by molar-refractivity contribution is 5.94. The molecule has 1 aliphatic rings. The maximum atomic E-state index is 11.1. The van der Waals surface area contributed by atoms with E-state index >= 15 is 0 Å². The smallest absolute Gasteiger partial charge is 0.333 e. The molecule has 5 nitrogen and oxygen atoms in total. The molecule has 20 heavy (non-hydrogen) atoms. The van der Waals surface area contributed by atoms with Crippen molar-refractivity contribution in [3.63, 3.8) is 0 Å². The van der Waals surface area contributed by atoms with E-state index in [-0.39, 0.29) is 19.4 Å². The summed E-state index contributed by atoms with van der Waals surface area (Å²) in [6.07, 6.45) is -0.353. The van der Waals surface area contributed by atoms with Gasteiger partial charge in [-0.15, -0.1) is 0 Å². The standard InChI is InChI=1S/C15H17NO4/c1-11(2)15(17)19-9-8-18-13-10-20-14(16-13)12-6-4-3-5-7-12/h3-7,13H,1,8-10H2,2H3. The monoisotopic (exact) mass is 275 g/mol. The first-order valence-corrected chi connectivity index (χ1v) is 6.37. The van der Waals surface area contributed by atoms with Crippen LogP contribution in [0.2, 0.25) is 0 Å². The van der Waals surface area contributed by atoms with E-state index in [1.165, 1.54) is 0 Å². The van der Waals surface area contributed by atoms with Gasteiger partial charge in [-0.3, -0.25) is 0 Å². The second kappa shape index (κ2) is 6.86. The number of esters is 1. The molecule has 0 saturated heterocycles. The number of aliphatic imine (C=N–C) groups is 1. The van der Waals surface area contributed by atoms with E-state index in [1.807, 2.05) is 30.3 Å². The Morgan fingerprint density at radius 2 is 2.15 bits per heavy atom. The van der Waals surface area contributed by atoms with Crippen molar-refractivity contribution < 1.29 is 19.0 Å². The third-order valence-electron chi connectivity index (χ3n) is 2.62. The molecule has 2 rings (SSSR count). The Bertz CT molecular complexity index is 510. The van der Waals surface area contributed by atoms with Crippen LogP contribution in [0.4, 0.5) is 0 Å². The molecule has 1 heterocycles. The van der Waals surface area contributed by atoms with E-state index in [4.69, 9.17) is 14.2 Å². The molecule has 1 atom stereocenters. The Hall–Kier alpha value is -2.14. The van der Waals surface area contributed by atoms with Gasteiger partial charge in [-0.05, 0) is 19.1 Å². The van der Waals surface area contributed by atoms with Crippen LogP contribution in [0.5, 0.6) is 0 Å². The van der Waals surface area contributed by atoms with Gasteiger partial charge >= 0.3 is 5.97 Å². The fourth-order valence-electron chi connectivity index (χ4n) is 1.62. The largest absolute Gasteiger partial charge is 0.473 e. The minimum atomic E-state index is -0.412. The predicted molar refractivity (Wildman–Crippen MR) is 74.4 cm³/mol. The summed E-state index contributed by atoms with van der Waals surface area (Å²) in [5.74, 6) is 0.166. The summed E-state index contributed by atoms with van der Waals surface area (Å²) in [6.45, 7) is 5.93. The summed E-state index contributed by atoms with van der Waals surface area (Å²) in [5, 5.41) is 0. The third-order valence-corrected chi connectivity index (χ3v) is 2.62. The van der Waals surface area contributed by atoms with Gasteiger partial charge in [-0.1, -0.05) is 24.8 Å². The molecule has 106 valence electrons. The van der Waals surface area contributed by atoms with Gasteiger partial charge < -0.3 is 14.2 Å². The molecule has 0 aliphatic carbocycles. The lowest BCUT2D eigenvalue weighted by Gasteiger charge is -2.07. The van der Waals surface area contributed by atoms with Crippen molar-refractivity contribution in [3.05, 3.63) is 48.0 Å². The number of rotatable bonds is 6. The van der Waals surface area contributed by atoms with Crippen molar-refractivity contribution in [2.75, 3.05) is 19.8 Å². The molecule has 0 N–H and O–H groups in total. The molecule has 1 unspecified atom stereocenters. The van der Waals surface area contributed by atoms with Gasteiger partial charge in [0.2, 0.25) is 5.90 Å². The molecule has 1 aromatic rings. The lowest BCUT2D eigenvalue weighted by Crippen LogP contribution is -2.17. The fourth-order valence-corrected chi connectivity index (χ4v) is 1.62. The maximum Gasteiger partial charge on any atom is 0.333 e. The van der Waals surface area contributed by atoms with Crippen LogP contribution in [0, 0.1) is 0 Å². The highest BCUT2D eigenvalue weighted by atomic mass is 16.6. The molecule has 0 radical (unpaired) electrons. The number of carbonyl (C=O) groups excluding carboxylic acids is 1. The number of hydrogen-bond acceptors (Lipinski definition) is 5. The molecule has 5 heteroatoms. The summed E-state index contributed by atoms with van der Waals surface area (Å²) in [6, 6.07) is 9.63. The van der Waals surface area contributed by atoms with Crippen LogP contribution in [0.25, 0.3) is 0 Å². The Kier molecular flexibility index (Phi) is 4.90. The predicted octanol–water partition coefficient (Wildman–Crippen LogP) is 1.93. The Morgan fingerprint density at radius 3 is 2.85 bits per heavy atom. The molecule has 0 saturated carbocycles. The maximum absolute atomic E-state index is 11.1. The Balaban J connectivity index is 1.75. The highest BCUT2D eigenvalue weighted by Crippen LogP contribution is 2.12.